The summed E-state index contributed by atoms with van der Waals surface area (Å²) in [7, 11) is 0. The van der Waals surface area contributed by atoms with Crippen LogP contribution in [0.4, 0.5) is 11.4 Å². The van der Waals surface area contributed by atoms with Gasteiger partial charge in [0.15, 0.2) is 18.0 Å². The van der Waals surface area contributed by atoms with Gasteiger partial charge in [-0.15, -0.1) is 0 Å². The molecule has 2 atom stereocenters. The van der Waals surface area contributed by atoms with Crippen LogP contribution < -0.4 is 19.7 Å². The predicted molar refractivity (Wildman–Crippen MR) is 116 cm³/mol. The first-order chi connectivity index (χ1) is 14.9. The van der Waals surface area contributed by atoms with Gasteiger partial charge in [0.05, 0.1) is 24.7 Å². The van der Waals surface area contributed by atoms with Gasteiger partial charge in [-0.05, 0) is 43.2 Å². The third kappa shape index (κ3) is 4.49. The molecule has 8 heteroatoms. The fraction of sp³-hybridized carbons (Fsp3) is 0.435. The number of anilines is 1. The fourth-order valence-electron chi connectivity index (χ4n) is 4.42. The maximum atomic E-state index is 12.9. The monoisotopic (exact) mass is 426 g/mol. The Balaban J connectivity index is 1.50. The largest absolute Gasteiger partial charge is 0.490 e. The Hall–Kier alpha value is -3.13. The molecule has 2 aromatic rings. The number of aryl methyl sites for hydroxylation is 1. The molecule has 1 fully saturated rings. The van der Waals surface area contributed by atoms with E-state index >= 15 is 0 Å². The number of nitro groups is 1. The summed E-state index contributed by atoms with van der Waals surface area (Å²) in [5.41, 5.74) is 2.97. The molecule has 164 valence electrons. The molecule has 0 bridgehead atoms. The van der Waals surface area contributed by atoms with E-state index < -0.39 is 4.92 Å². The van der Waals surface area contributed by atoms with Gasteiger partial charge >= 0.3 is 0 Å². The molecule has 0 spiro atoms. The van der Waals surface area contributed by atoms with Gasteiger partial charge in [-0.2, -0.15) is 0 Å². The van der Waals surface area contributed by atoms with Crippen molar-refractivity contribution in [2.75, 3.05) is 31.6 Å². The summed E-state index contributed by atoms with van der Waals surface area (Å²) < 4.78 is 11.6. The number of ether oxygens (including phenoxy) is 2. The number of benzene rings is 2. The zero-order valence-electron chi connectivity index (χ0n) is 17.9. The van der Waals surface area contributed by atoms with Gasteiger partial charge in [-0.3, -0.25) is 14.9 Å². The lowest BCUT2D eigenvalue weighted by Crippen LogP contribution is -3.11. The highest BCUT2D eigenvalue weighted by atomic mass is 16.6. The van der Waals surface area contributed by atoms with E-state index in [2.05, 4.69) is 11.4 Å². The van der Waals surface area contributed by atoms with Gasteiger partial charge in [0.1, 0.15) is 11.7 Å². The SMILES string of the molecule is Cc1ccc([N+](=O)[O-])c(NC(=O)C[NH+]2CCC[C@H]2c2ccc3c(c2)OCCCO3)c1C. The summed E-state index contributed by atoms with van der Waals surface area (Å²) in [6.07, 6.45) is 2.85. The molecular formula is C23H28N3O5+. The van der Waals surface area contributed by atoms with Crippen LogP contribution in [-0.4, -0.2) is 37.1 Å². The van der Waals surface area contributed by atoms with Crippen molar-refractivity contribution < 1.29 is 24.1 Å². The number of amides is 1. The molecule has 1 unspecified atom stereocenters. The van der Waals surface area contributed by atoms with E-state index in [1.54, 1.807) is 13.0 Å². The van der Waals surface area contributed by atoms with Gasteiger partial charge in [0, 0.05) is 30.9 Å². The summed E-state index contributed by atoms with van der Waals surface area (Å²) in [5.74, 6) is 1.31. The third-order valence-electron chi connectivity index (χ3n) is 6.22. The Bertz CT molecular complexity index is 1010. The van der Waals surface area contributed by atoms with Gasteiger partial charge in [0.25, 0.3) is 11.6 Å². The van der Waals surface area contributed by atoms with Crippen LogP contribution in [0.2, 0.25) is 0 Å². The van der Waals surface area contributed by atoms with Crippen LogP contribution in [0.5, 0.6) is 11.5 Å². The first kappa shape index (κ1) is 21.1. The topological polar surface area (TPSA) is 95.1 Å². The van der Waals surface area contributed by atoms with Crippen molar-refractivity contribution in [3.05, 3.63) is 57.1 Å². The number of nitrogens with zero attached hydrogens (tertiary/aromatic N) is 1. The quantitative estimate of drug-likeness (QED) is 0.566. The highest BCUT2D eigenvalue weighted by molar-refractivity contribution is 5.95. The Morgan fingerprint density at radius 1 is 1.16 bits per heavy atom. The van der Waals surface area contributed by atoms with Crippen molar-refractivity contribution >= 4 is 17.3 Å². The van der Waals surface area contributed by atoms with Gasteiger partial charge < -0.3 is 19.7 Å². The van der Waals surface area contributed by atoms with Crippen LogP contribution in [-0.2, 0) is 4.79 Å². The van der Waals surface area contributed by atoms with E-state index in [0.29, 0.717) is 18.9 Å². The second kappa shape index (κ2) is 8.93. The smallest absolute Gasteiger partial charge is 0.293 e. The van der Waals surface area contributed by atoms with Crippen molar-refractivity contribution in [1.82, 2.24) is 0 Å². The summed E-state index contributed by atoms with van der Waals surface area (Å²) >= 11 is 0. The highest BCUT2D eigenvalue weighted by Crippen LogP contribution is 2.33. The number of carbonyl (C=O) groups excluding carboxylic acids is 1. The number of quaternary nitrogens is 1. The lowest BCUT2D eigenvalue weighted by atomic mass is 10.0. The molecule has 4 rings (SSSR count). The van der Waals surface area contributed by atoms with Crippen molar-refractivity contribution in [3.8, 4) is 11.5 Å². The van der Waals surface area contributed by atoms with Crippen LogP contribution >= 0.6 is 0 Å². The van der Waals surface area contributed by atoms with Crippen LogP contribution in [0.15, 0.2) is 30.3 Å². The maximum absolute atomic E-state index is 12.9. The molecule has 0 aliphatic carbocycles. The Labute approximate surface area is 181 Å². The summed E-state index contributed by atoms with van der Waals surface area (Å²) in [6, 6.07) is 9.36. The molecule has 0 aromatic heterocycles. The number of fused-ring (bicyclic) bond motifs is 1. The van der Waals surface area contributed by atoms with Crippen molar-refractivity contribution in [2.45, 2.75) is 39.2 Å². The molecule has 2 aliphatic heterocycles. The average molecular weight is 426 g/mol. The molecule has 31 heavy (non-hydrogen) atoms. The molecular weight excluding hydrogens is 398 g/mol. The zero-order valence-corrected chi connectivity index (χ0v) is 17.9. The zero-order chi connectivity index (χ0) is 22.0. The van der Waals surface area contributed by atoms with Crippen LogP contribution in [0.25, 0.3) is 0 Å². The number of hydrogen-bond donors (Lipinski definition) is 2. The standard InChI is InChI=1S/C23H27N3O5/c1-15-6-8-19(26(28)29)23(16(15)2)24-22(27)14-25-10-3-5-18(25)17-7-9-20-21(13-17)31-12-4-11-30-20/h6-9,13,18H,3-5,10-12,14H2,1-2H3,(H,24,27)/p+1/t18-/m0/s1. The minimum atomic E-state index is -0.453. The molecule has 0 radical (unpaired) electrons. The molecule has 2 N–H and O–H groups in total. The van der Waals surface area contributed by atoms with Crippen LogP contribution in [0.1, 0.15) is 42.0 Å². The molecule has 1 saturated heterocycles. The van der Waals surface area contributed by atoms with Crippen LogP contribution in [0.3, 0.4) is 0 Å². The van der Waals surface area contributed by atoms with Crippen molar-refractivity contribution in [1.29, 1.82) is 0 Å². The van der Waals surface area contributed by atoms with E-state index in [-0.39, 0.29) is 24.2 Å². The molecule has 2 aromatic carbocycles. The summed E-state index contributed by atoms with van der Waals surface area (Å²) in [4.78, 5) is 25.0. The molecule has 0 saturated carbocycles. The molecule has 2 heterocycles. The number of likely N-dealkylation sites (tertiary alicyclic amines) is 1. The summed E-state index contributed by atoms with van der Waals surface area (Å²) in [5, 5.41) is 14.2. The second-order valence-corrected chi connectivity index (χ2v) is 8.24. The first-order valence-corrected chi connectivity index (χ1v) is 10.7. The summed E-state index contributed by atoms with van der Waals surface area (Å²) in [6.45, 7) is 6.08. The molecule has 1 amide bonds. The van der Waals surface area contributed by atoms with E-state index in [1.165, 1.54) is 6.07 Å². The van der Waals surface area contributed by atoms with Crippen LogP contribution in [0, 0.1) is 24.0 Å². The Kier molecular flexibility index (Phi) is 6.08. The molecule has 8 nitrogen and oxygen atoms in total. The molecule has 2 aliphatic rings. The Morgan fingerprint density at radius 3 is 2.71 bits per heavy atom. The first-order valence-electron chi connectivity index (χ1n) is 10.7. The minimum Gasteiger partial charge on any atom is -0.490 e. The van der Waals surface area contributed by atoms with Gasteiger partial charge in [-0.1, -0.05) is 6.07 Å². The van der Waals surface area contributed by atoms with Crippen molar-refractivity contribution in [2.24, 2.45) is 0 Å². The third-order valence-corrected chi connectivity index (χ3v) is 6.22. The number of nitro benzene ring substituents is 1. The number of rotatable bonds is 5. The predicted octanol–water partition coefficient (Wildman–Crippen LogP) is 2.73. The highest BCUT2D eigenvalue weighted by Gasteiger charge is 2.33. The fourth-order valence-corrected chi connectivity index (χ4v) is 4.42. The van der Waals surface area contributed by atoms with E-state index in [9.17, 15) is 14.9 Å². The second-order valence-electron chi connectivity index (χ2n) is 8.24. The maximum Gasteiger partial charge on any atom is 0.293 e. The normalized spacial score (nSPS) is 20.2. The number of hydrogen-bond acceptors (Lipinski definition) is 5. The van der Waals surface area contributed by atoms with E-state index in [0.717, 1.165) is 58.9 Å². The van der Waals surface area contributed by atoms with E-state index in [1.807, 2.05) is 19.1 Å². The van der Waals surface area contributed by atoms with Gasteiger partial charge in [-0.25, -0.2) is 0 Å². The lowest BCUT2D eigenvalue weighted by Gasteiger charge is -2.22. The minimum absolute atomic E-state index is 0.0766. The average Bonchev–Trinajstić information content (AvgIpc) is 3.06. The number of nitrogens with one attached hydrogen (secondary N) is 2. The Morgan fingerprint density at radius 2 is 1.94 bits per heavy atom. The number of carbonyl (C=O) groups is 1. The van der Waals surface area contributed by atoms with E-state index in [4.69, 9.17) is 9.47 Å². The van der Waals surface area contributed by atoms with Crippen molar-refractivity contribution in [3.63, 3.8) is 0 Å². The lowest BCUT2D eigenvalue weighted by molar-refractivity contribution is -0.910. The van der Waals surface area contributed by atoms with Gasteiger partial charge in [0.2, 0.25) is 0 Å².